The Morgan fingerprint density at radius 2 is 0.806 bits per heavy atom. The second-order valence-electron chi connectivity index (χ2n) is 15.1. The van der Waals surface area contributed by atoms with Crippen LogP contribution in [-0.4, -0.2) is 0 Å². The molecule has 0 aromatic heterocycles. The summed E-state index contributed by atoms with van der Waals surface area (Å²) in [7, 11) is 0. The molecule has 36 heavy (non-hydrogen) atoms. The standard InChI is InChI=1S/C36H64/c1-4-31-26(2)27(3)32-18-11-6-5-7-13-21-35(32)36(31)30-24-22-29(23-25-30)34-19-12-9-8-10-16-28-17-14-15-20-33(28)34/h26-36H,4-25H2,1-3H3. The lowest BCUT2D eigenvalue weighted by Crippen LogP contribution is -2.48. The molecule has 0 radical (unpaired) electrons. The van der Waals surface area contributed by atoms with E-state index >= 15 is 0 Å². The van der Waals surface area contributed by atoms with Crippen LogP contribution in [0, 0.1) is 65.1 Å². The number of hydrogen-bond donors (Lipinski definition) is 0. The SMILES string of the molecule is CCC1C(C)C(C)C2CCCCCCCC2C1C1CCC(C2CCCCCCC3CCCCC32)CC1. The van der Waals surface area contributed by atoms with E-state index < -0.39 is 0 Å². The van der Waals surface area contributed by atoms with Gasteiger partial charge in [-0.15, -0.1) is 0 Å². The molecule has 5 aliphatic carbocycles. The fourth-order valence-electron chi connectivity index (χ4n) is 11.7. The molecule has 0 spiro atoms. The molecule has 0 saturated heterocycles. The van der Waals surface area contributed by atoms with E-state index in [1.165, 1.54) is 51.4 Å². The van der Waals surface area contributed by atoms with Gasteiger partial charge >= 0.3 is 0 Å². The highest BCUT2D eigenvalue weighted by atomic mass is 14.5. The van der Waals surface area contributed by atoms with E-state index in [1.807, 2.05) is 0 Å². The lowest BCUT2D eigenvalue weighted by Gasteiger charge is -2.55. The highest BCUT2D eigenvalue weighted by molar-refractivity contribution is 4.98. The molecule has 5 aliphatic rings. The quantitative estimate of drug-likeness (QED) is 0.364. The van der Waals surface area contributed by atoms with Crippen molar-refractivity contribution >= 4 is 0 Å². The van der Waals surface area contributed by atoms with E-state index in [0.717, 1.165) is 65.1 Å². The van der Waals surface area contributed by atoms with Gasteiger partial charge in [-0.2, -0.15) is 0 Å². The maximum absolute atomic E-state index is 2.68. The van der Waals surface area contributed by atoms with Crippen LogP contribution in [-0.2, 0) is 0 Å². The topological polar surface area (TPSA) is 0 Å². The van der Waals surface area contributed by atoms with Crippen LogP contribution in [0.1, 0.15) is 162 Å². The van der Waals surface area contributed by atoms with Crippen molar-refractivity contribution in [2.24, 2.45) is 65.1 Å². The Bertz CT molecular complexity index is 628. The Morgan fingerprint density at radius 1 is 0.389 bits per heavy atom. The molecular formula is C36H64. The van der Waals surface area contributed by atoms with Gasteiger partial charge in [0.2, 0.25) is 0 Å². The molecule has 0 amide bonds. The van der Waals surface area contributed by atoms with Crippen LogP contribution in [0.5, 0.6) is 0 Å². The van der Waals surface area contributed by atoms with Crippen LogP contribution in [0.3, 0.4) is 0 Å². The third kappa shape index (κ3) is 6.09. The predicted octanol–water partition coefficient (Wildman–Crippen LogP) is 11.5. The van der Waals surface area contributed by atoms with Crippen LogP contribution in [0.15, 0.2) is 0 Å². The van der Waals surface area contributed by atoms with Crippen LogP contribution in [0.4, 0.5) is 0 Å². The van der Waals surface area contributed by atoms with Gasteiger partial charge in [0, 0.05) is 0 Å². The zero-order chi connectivity index (χ0) is 24.9. The van der Waals surface area contributed by atoms with Crippen LogP contribution >= 0.6 is 0 Å². The van der Waals surface area contributed by atoms with Gasteiger partial charge < -0.3 is 0 Å². The molecule has 0 bridgehead atoms. The van der Waals surface area contributed by atoms with E-state index in [0.29, 0.717) is 0 Å². The maximum Gasteiger partial charge on any atom is -0.0324 e. The molecule has 208 valence electrons. The average Bonchev–Trinajstić information content (AvgIpc) is 3.10. The van der Waals surface area contributed by atoms with Crippen LogP contribution in [0.2, 0.25) is 0 Å². The Morgan fingerprint density at radius 3 is 1.42 bits per heavy atom. The largest absolute Gasteiger partial charge is 0.0651 e. The zero-order valence-electron chi connectivity index (χ0n) is 24.9. The van der Waals surface area contributed by atoms with Crippen LogP contribution in [0.25, 0.3) is 0 Å². The molecule has 5 saturated carbocycles. The smallest absolute Gasteiger partial charge is 0.0324 e. The first-order chi connectivity index (χ1) is 17.7. The van der Waals surface area contributed by atoms with Gasteiger partial charge in [-0.05, 0) is 116 Å². The monoisotopic (exact) mass is 497 g/mol. The van der Waals surface area contributed by atoms with Gasteiger partial charge in [0.15, 0.2) is 0 Å². The van der Waals surface area contributed by atoms with Crippen molar-refractivity contribution < 1.29 is 0 Å². The first-order valence-electron chi connectivity index (χ1n) is 17.7. The highest BCUT2D eigenvalue weighted by Gasteiger charge is 2.49. The molecule has 0 aromatic carbocycles. The summed E-state index contributed by atoms with van der Waals surface area (Å²) in [6.07, 6.45) is 34.2. The van der Waals surface area contributed by atoms with Gasteiger partial charge in [-0.1, -0.05) is 111 Å². The maximum atomic E-state index is 2.68. The Hall–Kier alpha value is 0. The minimum absolute atomic E-state index is 0.956. The first-order valence-corrected chi connectivity index (χ1v) is 17.7. The minimum atomic E-state index is 0.956. The van der Waals surface area contributed by atoms with Crippen molar-refractivity contribution in [2.45, 2.75) is 162 Å². The Labute approximate surface area is 226 Å². The second kappa shape index (κ2) is 13.4. The molecule has 9 atom stereocenters. The minimum Gasteiger partial charge on any atom is -0.0651 e. The molecule has 5 rings (SSSR count). The summed E-state index contributed by atoms with van der Waals surface area (Å²) < 4.78 is 0. The van der Waals surface area contributed by atoms with E-state index in [-0.39, 0.29) is 0 Å². The van der Waals surface area contributed by atoms with Crippen molar-refractivity contribution in [2.75, 3.05) is 0 Å². The van der Waals surface area contributed by atoms with Crippen molar-refractivity contribution in [1.82, 2.24) is 0 Å². The fraction of sp³-hybridized carbons (Fsp3) is 1.00. The summed E-state index contributed by atoms with van der Waals surface area (Å²) in [5.41, 5.74) is 0. The number of rotatable bonds is 3. The summed E-state index contributed by atoms with van der Waals surface area (Å²) in [6.45, 7) is 7.91. The molecule has 0 N–H and O–H groups in total. The number of hydrogen-bond acceptors (Lipinski definition) is 0. The van der Waals surface area contributed by atoms with E-state index in [4.69, 9.17) is 0 Å². The summed E-state index contributed by atoms with van der Waals surface area (Å²) in [4.78, 5) is 0. The molecule has 0 aromatic rings. The second-order valence-corrected chi connectivity index (χ2v) is 15.1. The van der Waals surface area contributed by atoms with Gasteiger partial charge in [0.1, 0.15) is 0 Å². The summed E-state index contributed by atoms with van der Waals surface area (Å²) >= 11 is 0. The molecule has 0 heteroatoms. The first kappa shape index (κ1) is 27.6. The lowest BCUT2D eigenvalue weighted by molar-refractivity contribution is -0.0585. The molecule has 0 nitrogen and oxygen atoms in total. The van der Waals surface area contributed by atoms with Crippen molar-refractivity contribution in [3.63, 3.8) is 0 Å². The summed E-state index contributed by atoms with van der Waals surface area (Å²) in [5.74, 6) is 11.6. The van der Waals surface area contributed by atoms with Gasteiger partial charge in [0.25, 0.3) is 0 Å². The summed E-state index contributed by atoms with van der Waals surface area (Å²) in [5, 5.41) is 0. The van der Waals surface area contributed by atoms with Crippen molar-refractivity contribution in [3.8, 4) is 0 Å². The third-order valence-electron chi connectivity index (χ3n) is 13.6. The fourth-order valence-corrected chi connectivity index (χ4v) is 11.7. The zero-order valence-corrected chi connectivity index (χ0v) is 24.9. The molecule has 9 unspecified atom stereocenters. The third-order valence-corrected chi connectivity index (χ3v) is 13.6. The average molecular weight is 497 g/mol. The molecule has 0 aliphatic heterocycles. The predicted molar refractivity (Wildman–Crippen MR) is 157 cm³/mol. The van der Waals surface area contributed by atoms with Crippen LogP contribution < -0.4 is 0 Å². The van der Waals surface area contributed by atoms with Gasteiger partial charge in [-0.25, -0.2) is 0 Å². The molecule has 0 heterocycles. The Balaban J connectivity index is 1.30. The summed E-state index contributed by atoms with van der Waals surface area (Å²) in [6, 6.07) is 0. The molecular weight excluding hydrogens is 432 g/mol. The van der Waals surface area contributed by atoms with E-state index in [1.54, 1.807) is 89.9 Å². The van der Waals surface area contributed by atoms with Crippen molar-refractivity contribution in [3.05, 3.63) is 0 Å². The molecule has 5 fully saturated rings. The van der Waals surface area contributed by atoms with Crippen molar-refractivity contribution in [1.29, 1.82) is 0 Å². The number of fused-ring (bicyclic) bond motifs is 2. The van der Waals surface area contributed by atoms with Gasteiger partial charge in [0.05, 0.1) is 0 Å². The normalized spacial score (nSPS) is 47.6. The lowest BCUT2D eigenvalue weighted by atomic mass is 9.51. The highest BCUT2D eigenvalue weighted by Crippen LogP contribution is 2.57. The van der Waals surface area contributed by atoms with Gasteiger partial charge in [-0.3, -0.25) is 0 Å². The Kier molecular flexibility index (Phi) is 10.2. The van der Waals surface area contributed by atoms with E-state index in [9.17, 15) is 0 Å². The van der Waals surface area contributed by atoms with E-state index in [2.05, 4.69) is 20.8 Å².